The van der Waals surface area contributed by atoms with Gasteiger partial charge in [0.1, 0.15) is 0 Å². The maximum Gasteiger partial charge on any atom is 0.0991 e. The van der Waals surface area contributed by atoms with Crippen LogP contribution in [0, 0.1) is 23.7 Å². The quantitative estimate of drug-likeness (QED) is 0.724. The summed E-state index contributed by atoms with van der Waals surface area (Å²) in [5.74, 6) is 0. The molecular weight excluding hydrogens is 198 g/mol. The Balaban J connectivity index is 2.93. The molecule has 0 saturated heterocycles. The molecule has 0 aliphatic rings. The van der Waals surface area contributed by atoms with Crippen LogP contribution in [0.5, 0.6) is 0 Å². The van der Waals surface area contributed by atoms with Gasteiger partial charge in [-0.05, 0) is 32.0 Å². The third-order valence-electron chi connectivity index (χ3n) is 3.00. The van der Waals surface area contributed by atoms with Crippen LogP contribution >= 0.6 is 0 Å². The minimum atomic E-state index is 0.540. The minimum absolute atomic E-state index is 0.540. The first-order valence-corrected chi connectivity index (χ1v) is 5.11. The Hall–Kier alpha value is -2.08. The van der Waals surface area contributed by atoms with Gasteiger partial charge >= 0.3 is 0 Å². The zero-order valence-corrected chi connectivity index (χ0v) is 9.63. The van der Waals surface area contributed by atoms with Crippen LogP contribution in [0.15, 0.2) is 18.2 Å². The van der Waals surface area contributed by atoms with Gasteiger partial charge in [0.25, 0.3) is 0 Å². The van der Waals surface area contributed by atoms with E-state index in [4.69, 9.17) is 10.7 Å². The third kappa shape index (κ3) is 1.31. The van der Waals surface area contributed by atoms with E-state index < -0.39 is 0 Å². The van der Waals surface area contributed by atoms with Crippen LogP contribution in [0.4, 0.5) is 0 Å². The van der Waals surface area contributed by atoms with Crippen molar-refractivity contribution >= 4 is 16.6 Å². The molecule has 1 aromatic carbocycles. The van der Waals surface area contributed by atoms with E-state index >= 15 is 0 Å². The van der Waals surface area contributed by atoms with Crippen molar-refractivity contribution in [2.75, 3.05) is 0 Å². The maximum absolute atomic E-state index is 8.89. The molecule has 0 spiro atoms. The predicted octanol–water partition coefficient (Wildman–Crippen LogP) is 2.75. The first-order chi connectivity index (χ1) is 7.56. The van der Waals surface area contributed by atoms with Gasteiger partial charge in [0, 0.05) is 34.9 Å². The molecule has 0 unspecified atom stereocenters. The van der Waals surface area contributed by atoms with E-state index in [1.165, 1.54) is 0 Å². The lowest BCUT2D eigenvalue weighted by molar-refractivity contribution is 0.915. The maximum atomic E-state index is 8.89. The zero-order valence-electron chi connectivity index (χ0n) is 9.63. The fourth-order valence-electron chi connectivity index (χ4n) is 2.11. The molecule has 1 aromatic heterocycles. The Kier molecular flexibility index (Phi) is 2.28. The van der Waals surface area contributed by atoms with E-state index in [0.29, 0.717) is 11.3 Å². The van der Waals surface area contributed by atoms with Crippen molar-refractivity contribution in [1.82, 2.24) is 4.57 Å². The highest BCUT2D eigenvalue weighted by atomic mass is 14.9. The summed E-state index contributed by atoms with van der Waals surface area (Å²) in [4.78, 5) is 0. The first kappa shape index (κ1) is 10.4. The second-order valence-electron chi connectivity index (χ2n) is 3.99. The van der Waals surface area contributed by atoms with Gasteiger partial charge in [-0.2, -0.15) is 5.26 Å². The molecule has 16 heavy (non-hydrogen) atoms. The molecule has 1 N–H and O–H groups in total. The number of aromatic nitrogens is 1. The van der Waals surface area contributed by atoms with Gasteiger partial charge in [0.05, 0.1) is 11.6 Å². The van der Waals surface area contributed by atoms with Crippen molar-refractivity contribution in [1.29, 1.82) is 10.7 Å². The summed E-state index contributed by atoms with van der Waals surface area (Å²) in [6.07, 6.45) is 0. The third-order valence-corrected chi connectivity index (χ3v) is 3.00. The summed E-state index contributed by atoms with van der Waals surface area (Å²) in [7, 11) is 1.98. The van der Waals surface area contributed by atoms with Crippen molar-refractivity contribution in [3.8, 4) is 6.07 Å². The summed E-state index contributed by atoms with van der Waals surface area (Å²) in [5.41, 5.74) is 4.25. The number of aryl methyl sites for hydroxylation is 1. The average molecular weight is 211 g/mol. The number of nitrogens with zero attached hydrogens (tertiary/aromatic N) is 2. The van der Waals surface area contributed by atoms with Gasteiger partial charge in [0.2, 0.25) is 0 Å². The molecule has 0 amide bonds. The van der Waals surface area contributed by atoms with Gasteiger partial charge in [-0.15, -0.1) is 0 Å². The van der Waals surface area contributed by atoms with E-state index in [1.807, 2.05) is 32.2 Å². The fourth-order valence-corrected chi connectivity index (χ4v) is 2.11. The molecule has 0 fully saturated rings. The van der Waals surface area contributed by atoms with Crippen molar-refractivity contribution < 1.29 is 0 Å². The summed E-state index contributed by atoms with van der Waals surface area (Å²) in [6, 6.07) is 7.74. The van der Waals surface area contributed by atoms with Gasteiger partial charge in [-0.25, -0.2) is 0 Å². The Morgan fingerprint density at radius 3 is 2.69 bits per heavy atom. The van der Waals surface area contributed by atoms with Crippen LogP contribution in [0.2, 0.25) is 0 Å². The summed E-state index contributed by atoms with van der Waals surface area (Å²) < 4.78 is 2.06. The molecule has 3 nitrogen and oxygen atoms in total. The Labute approximate surface area is 94.4 Å². The molecule has 0 radical (unpaired) electrons. The smallest absolute Gasteiger partial charge is 0.0991 e. The molecule has 0 aliphatic carbocycles. The lowest BCUT2D eigenvalue weighted by atomic mass is 10.1. The molecule has 0 aliphatic heterocycles. The van der Waals surface area contributed by atoms with Gasteiger partial charge < -0.3 is 9.98 Å². The van der Waals surface area contributed by atoms with Crippen molar-refractivity contribution in [3.63, 3.8) is 0 Å². The number of hydrogen-bond donors (Lipinski definition) is 1. The summed E-state index contributed by atoms with van der Waals surface area (Å²) in [6.45, 7) is 3.78. The molecule has 2 aromatic rings. The van der Waals surface area contributed by atoms with Crippen molar-refractivity contribution in [2.24, 2.45) is 7.05 Å². The standard InChI is InChI=1S/C13H13N3/c1-8(15)13-9(2)16(3)12-5-4-10(7-14)6-11(12)13/h4-6,15H,1-3H3. The average Bonchev–Trinajstić information content (AvgIpc) is 2.51. The number of nitrogens with one attached hydrogen (secondary N) is 1. The van der Waals surface area contributed by atoms with Gasteiger partial charge in [-0.1, -0.05) is 0 Å². The van der Waals surface area contributed by atoms with Crippen LogP contribution in [0.3, 0.4) is 0 Å². The minimum Gasteiger partial charge on any atom is -0.347 e. The molecule has 0 saturated carbocycles. The number of fused-ring (bicyclic) bond motifs is 1. The largest absolute Gasteiger partial charge is 0.347 e. The second kappa shape index (κ2) is 3.49. The van der Waals surface area contributed by atoms with Crippen LogP contribution < -0.4 is 0 Å². The van der Waals surface area contributed by atoms with E-state index in [1.54, 1.807) is 6.92 Å². The Morgan fingerprint density at radius 1 is 1.44 bits per heavy atom. The molecule has 80 valence electrons. The van der Waals surface area contributed by atoms with E-state index in [2.05, 4.69) is 10.6 Å². The monoisotopic (exact) mass is 211 g/mol. The lowest BCUT2D eigenvalue weighted by Crippen LogP contribution is -1.96. The lowest BCUT2D eigenvalue weighted by Gasteiger charge is -1.98. The molecular formula is C13H13N3. The highest BCUT2D eigenvalue weighted by Crippen LogP contribution is 2.26. The van der Waals surface area contributed by atoms with Crippen molar-refractivity contribution in [2.45, 2.75) is 13.8 Å². The second-order valence-corrected chi connectivity index (χ2v) is 3.99. The van der Waals surface area contributed by atoms with Crippen LogP contribution in [-0.2, 0) is 7.05 Å². The number of benzene rings is 1. The van der Waals surface area contributed by atoms with Crippen molar-refractivity contribution in [3.05, 3.63) is 35.0 Å². The first-order valence-electron chi connectivity index (χ1n) is 5.11. The molecule has 0 bridgehead atoms. The van der Waals surface area contributed by atoms with E-state index in [9.17, 15) is 0 Å². The molecule has 1 heterocycles. The zero-order chi connectivity index (χ0) is 11.9. The number of rotatable bonds is 1. The van der Waals surface area contributed by atoms with Crippen LogP contribution in [-0.4, -0.2) is 10.3 Å². The molecule has 2 rings (SSSR count). The topological polar surface area (TPSA) is 52.6 Å². The fraction of sp³-hybridized carbons (Fsp3) is 0.231. The Morgan fingerprint density at radius 2 is 2.12 bits per heavy atom. The van der Waals surface area contributed by atoms with Gasteiger partial charge in [-0.3, -0.25) is 0 Å². The molecule has 0 atom stereocenters. The Bertz CT molecular complexity index is 627. The number of nitriles is 1. The SMILES string of the molecule is CC(=N)c1c(C)n(C)c2ccc(C#N)cc12. The van der Waals surface area contributed by atoms with Crippen LogP contribution in [0.1, 0.15) is 23.7 Å². The highest BCUT2D eigenvalue weighted by molar-refractivity contribution is 6.09. The summed E-state index contributed by atoms with van der Waals surface area (Å²) in [5, 5.41) is 17.7. The number of hydrogen-bond acceptors (Lipinski definition) is 2. The van der Waals surface area contributed by atoms with E-state index in [0.717, 1.165) is 22.2 Å². The highest BCUT2D eigenvalue weighted by Gasteiger charge is 2.13. The normalized spacial score (nSPS) is 10.4. The van der Waals surface area contributed by atoms with Gasteiger partial charge in [0.15, 0.2) is 0 Å². The predicted molar refractivity (Wildman–Crippen MR) is 64.9 cm³/mol. The molecule has 3 heteroatoms. The van der Waals surface area contributed by atoms with Crippen LogP contribution in [0.25, 0.3) is 10.9 Å². The summed E-state index contributed by atoms with van der Waals surface area (Å²) >= 11 is 0. The van der Waals surface area contributed by atoms with E-state index in [-0.39, 0.29) is 0 Å².